The minimum Gasteiger partial charge on any atom is -0.497 e. The van der Waals surface area contributed by atoms with Gasteiger partial charge in [0.1, 0.15) is 5.75 Å². The highest BCUT2D eigenvalue weighted by molar-refractivity contribution is 5.37. The molecule has 0 aromatic heterocycles. The average molecular weight is 289 g/mol. The maximum atomic E-state index is 12.2. The molecule has 0 bridgehead atoms. The number of halogens is 3. The predicted molar refractivity (Wildman–Crippen MR) is 68.9 cm³/mol. The fraction of sp³-hybridized carbons (Fsp3) is 0.571. The van der Waals surface area contributed by atoms with Crippen molar-refractivity contribution in [2.75, 3.05) is 13.7 Å². The molecule has 2 rings (SSSR count). The first-order valence-corrected chi connectivity index (χ1v) is 6.54. The smallest absolute Gasteiger partial charge is 0.415 e. The number of aliphatic hydroxyl groups excluding tert-OH is 1. The molecule has 1 aromatic carbocycles. The third-order valence-electron chi connectivity index (χ3n) is 3.62. The van der Waals surface area contributed by atoms with Crippen molar-refractivity contribution in [1.29, 1.82) is 0 Å². The van der Waals surface area contributed by atoms with Crippen LogP contribution in [0.25, 0.3) is 0 Å². The van der Waals surface area contributed by atoms with E-state index in [-0.39, 0.29) is 6.04 Å². The maximum Gasteiger partial charge on any atom is 0.415 e. The molecule has 2 unspecified atom stereocenters. The first-order valence-electron chi connectivity index (χ1n) is 6.54. The molecule has 0 saturated carbocycles. The number of aliphatic hydroxyl groups is 1. The average Bonchev–Trinajstić information content (AvgIpc) is 2.42. The summed E-state index contributed by atoms with van der Waals surface area (Å²) in [6.07, 6.45) is -4.64. The molecular formula is C14H18F3NO2. The lowest BCUT2D eigenvalue weighted by Gasteiger charge is -2.27. The highest BCUT2D eigenvalue weighted by Crippen LogP contribution is 2.26. The van der Waals surface area contributed by atoms with Gasteiger partial charge in [-0.1, -0.05) is 6.07 Å². The van der Waals surface area contributed by atoms with Gasteiger partial charge in [-0.3, -0.25) is 0 Å². The van der Waals surface area contributed by atoms with E-state index >= 15 is 0 Å². The summed E-state index contributed by atoms with van der Waals surface area (Å²) in [7, 11) is 1.58. The summed E-state index contributed by atoms with van der Waals surface area (Å²) >= 11 is 0. The van der Waals surface area contributed by atoms with E-state index in [0.717, 1.165) is 24.2 Å². The Hall–Kier alpha value is -1.27. The summed E-state index contributed by atoms with van der Waals surface area (Å²) in [5, 5.41) is 11.8. The molecule has 0 aliphatic heterocycles. The number of hydrogen-bond acceptors (Lipinski definition) is 3. The van der Waals surface area contributed by atoms with Crippen molar-refractivity contribution in [2.24, 2.45) is 0 Å². The van der Waals surface area contributed by atoms with Gasteiger partial charge in [0.25, 0.3) is 0 Å². The van der Waals surface area contributed by atoms with Crippen LogP contribution >= 0.6 is 0 Å². The van der Waals surface area contributed by atoms with E-state index < -0.39 is 18.8 Å². The largest absolute Gasteiger partial charge is 0.497 e. The molecule has 6 heteroatoms. The van der Waals surface area contributed by atoms with Crippen LogP contribution in [0.1, 0.15) is 17.5 Å². The number of aryl methyl sites for hydroxylation is 1. The van der Waals surface area contributed by atoms with Gasteiger partial charge in [-0.2, -0.15) is 13.2 Å². The summed E-state index contributed by atoms with van der Waals surface area (Å²) in [6.45, 7) is -0.465. The van der Waals surface area contributed by atoms with E-state index in [0.29, 0.717) is 6.42 Å². The number of alkyl halides is 3. The monoisotopic (exact) mass is 289 g/mol. The van der Waals surface area contributed by atoms with E-state index in [2.05, 4.69) is 5.32 Å². The topological polar surface area (TPSA) is 41.5 Å². The zero-order valence-corrected chi connectivity index (χ0v) is 11.2. The number of hydrogen-bond donors (Lipinski definition) is 2. The lowest BCUT2D eigenvalue weighted by Crippen LogP contribution is -2.44. The Balaban J connectivity index is 1.94. The van der Waals surface area contributed by atoms with Crippen LogP contribution in [-0.2, 0) is 12.8 Å². The molecule has 0 heterocycles. The van der Waals surface area contributed by atoms with Crippen molar-refractivity contribution in [2.45, 2.75) is 37.6 Å². The van der Waals surface area contributed by atoms with Gasteiger partial charge in [-0.05, 0) is 42.5 Å². The molecule has 112 valence electrons. The standard InChI is InChI=1S/C14H18F3NO2/c1-20-12-5-3-9-2-4-11(6-10(9)7-12)18-8-13(19)14(15,16)17/h3,5,7,11,13,18-19H,2,4,6,8H2,1H3. The third kappa shape index (κ3) is 3.64. The van der Waals surface area contributed by atoms with Crippen molar-refractivity contribution in [3.63, 3.8) is 0 Å². The Labute approximate surface area is 115 Å². The quantitative estimate of drug-likeness (QED) is 0.891. The molecule has 3 nitrogen and oxygen atoms in total. The zero-order valence-electron chi connectivity index (χ0n) is 11.2. The lowest BCUT2D eigenvalue weighted by atomic mass is 9.88. The van der Waals surface area contributed by atoms with Gasteiger partial charge in [0.05, 0.1) is 7.11 Å². The highest BCUT2D eigenvalue weighted by atomic mass is 19.4. The molecule has 0 saturated heterocycles. The van der Waals surface area contributed by atoms with Crippen molar-refractivity contribution < 1.29 is 23.0 Å². The van der Waals surface area contributed by atoms with Gasteiger partial charge in [-0.25, -0.2) is 0 Å². The Morgan fingerprint density at radius 1 is 1.40 bits per heavy atom. The summed E-state index contributed by atoms with van der Waals surface area (Å²) in [4.78, 5) is 0. The van der Waals surface area contributed by atoms with Gasteiger partial charge >= 0.3 is 6.18 Å². The minimum absolute atomic E-state index is 0.0494. The van der Waals surface area contributed by atoms with Crippen molar-refractivity contribution in [3.8, 4) is 5.75 Å². The molecule has 2 atom stereocenters. The third-order valence-corrected chi connectivity index (χ3v) is 3.62. The number of methoxy groups -OCH3 is 1. The van der Waals surface area contributed by atoms with E-state index in [4.69, 9.17) is 9.84 Å². The van der Waals surface area contributed by atoms with E-state index in [1.54, 1.807) is 7.11 Å². The van der Waals surface area contributed by atoms with Crippen LogP contribution in [0.15, 0.2) is 18.2 Å². The highest BCUT2D eigenvalue weighted by Gasteiger charge is 2.38. The normalized spacial score (nSPS) is 20.4. The van der Waals surface area contributed by atoms with Crippen molar-refractivity contribution >= 4 is 0 Å². The molecule has 2 N–H and O–H groups in total. The molecule has 0 fully saturated rings. The maximum absolute atomic E-state index is 12.2. The molecule has 20 heavy (non-hydrogen) atoms. The van der Waals surface area contributed by atoms with E-state index in [1.807, 2.05) is 18.2 Å². The van der Waals surface area contributed by atoms with Crippen LogP contribution in [0.4, 0.5) is 13.2 Å². The molecule has 0 spiro atoms. The minimum atomic E-state index is -4.57. The molecule has 0 amide bonds. The Bertz CT molecular complexity index is 462. The van der Waals surface area contributed by atoms with Crippen LogP contribution in [-0.4, -0.2) is 37.1 Å². The van der Waals surface area contributed by atoms with Gasteiger partial charge in [-0.15, -0.1) is 0 Å². The van der Waals surface area contributed by atoms with Crippen molar-refractivity contribution in [3.05, 3.63) is 29.3 Å². The SMILES string of the molecule is COc1ccc2c(c1)CC(NCC(O)C(F)(F)F)CC2. The first kappa shape index (κ1) is 15.1. The van der Waals surface area contributed by atoms with Crippen LogP contribution in [0.5, 0.6) is 5.75 Å². The first-order chi connectivity index (χ1) is 9.40. The van der Waals surface area contributed by atoms with Crippen LogP contribution < -0.4 is 10.1 Å². The van der Waals surface area contributed by atoms with Gasteiger partial charge < -0.3 is 15.2 Å². The van der Waals surface area contributed by atoms with Gasteiger partial charge in [0.2, 0.25) is 0 Å². The van der Waals surface area contributed by atoms with Crippen LogP contribution in [0.3, 0.4) is 0 Å². The lowest BCUT2D eigenvalue weighted by molar-refractivity contribution is -0.202. The second kappa shape index (κ2) is 6.01. The summed E-state index contributed by atoms with van der Waals surface area (Å²) < 4.78 is 41.9. The molecular weight excluding hydrogens is 271 g/mol. The number of rotatable bonds is 4. The molecule has 1 aliphatic rings. The summed E-state index contributed by atoms with van der Waals surface area (Å²) in [6, 6.07) is 5.75. The molecule has 0 radical (unpaired) electrons. The van der Waals surface area contributed by atoms with Crippen LogP contribution in [0.2, 0.25) is 0 Å². The number of benzene rings is 1. The van der Waals surface area contributed by atoms with E-state index in [9.17, 15) is 13.2 Å². The number of nitrogens with one attached hydrogen (secondary N) is 1. The number of fused-ring (bicyclic) bond motifs is 1. The fourth-order valence-corrected chi connectivity index (χ4v) is 2.43. The Kier molecular flexibility index (Phi) is 4.55. The summed E-state index contributed by atoms with van der Waals surface area (Å²) in [5.41, 5.74) is 2.30. The van der Waals surface area contributed by atoms with Crippen LogP contribution in [0, 0.1) is 0 Å². The van der Waals surface area contributed by atoms with Gasteiger partial charge in [0, 0.05) is 12.6 Å². The Morgan fingerprint density at radius 2 is 2.15 bits per heavy atom. The Morgan fingerprint density at radius 3 is 2.80 bits per heavy atom. The molecule has 1 aliphatic carbocycles. The second-order valence-corrected chi connectivity index (χ2v) is 5.04. The fourth-order valence-electron chi connectivity index (χ4n) is 2.43. The van der Waals surface area contributed by atoms with Crippen molar-refractivity contribution in [1.82, 2.24) is 5.32 Å². The second-order valence-electron chi connectivity index (χ2n) is 5.04. The number of ether oxygens (including phenoxy) is 1. The predicted octanol–water partition coefficient (Wildman–Crippen LogP) is 2.07. The zero-order chi connectivity index (χ0) is 14.8. The van der Waals surface area contributed by atoms with E-state index in [1.165, 1.54) is 5.56 Å². The van der Waals surface area contributed by atoms with Gasteiger partial charge in [0.15, 0.2) is 6.10 Å². The summed E-state index contributed by atoms with van der Waals surface area (Å²) in [5.74, 6) is 0.750. The molecule has 1 aromatic rings.